The molecule has 12 rings (SSSR count). The van der Waals surface area contributed by atoms with Crippen LogP contribution in [0.2, 0.25) is 0 Å². The van der Waals surface area contributed by atoms with Crippen LogP contribution in [-0.4, -0.2) is 15.3 Å². The van der Waals surface area contributed by atoms with Crippen LogP contribution in [0.25, 0.3) is 98.0 Å². The molecule has 16 heteroatoms. The Hall–Kier alpha value is -3.13. The second-order valence-corrected chi connectivity index (χ2v) is 22.4. The van der Waals surface area contributed by atoms with E-state index in [1.807, 2.05) is 146 Å². The van der Waals surface area contributed by atoms with Gasteiger partial charge in [-0.05, 0) is 172 Å². The van der Waals surface area contributed by atoms with E-state index in [4.69, 9.17) is 0 Å². The van der Waals surface area contributed by atoms with Gasteiger partial charge in [0.15, 0.2) is 0 Å². The van der Waals surface area contributed by atoms with Gasteiger partial charge in [0, 0.05) is 79.1 Å². The fourth-order valence-corrected chi connectivity index (χ4v) is 11.5. The average Bonchev–Trinajstić information content (AvgIpc) is 3.37. The van der Waals surface area contributed by atoms with Gasteiger partial charge in [-0.25, -0.2) is 0 Å². The van der Waals surface area contributed by atoms with Gasteiger partial charge in [-0.2, -0.15) is 0 Å². The molecule has 76 heavy (non-hydrogen) atoms. The Balaban J connectivity index is 0.000000180. The number of phenolic OH excluding ortho intramolecular Hbond substituents is 3. The van der Waals surface area contributed by atoms with Crippen molar-refractivity contribution in [3.8, 4) is 67.9 Å². The van der Waals surface area contributed by atoms with Crippen molar-refractivity contribution >= 4 is 160 Å². The Morgan fingerprint density at radius 3 is 0.605 bits per heavy atom. The third-order valence-electron chi connectivity index (χ3n) is 12.5. The summed E-state index contributed by atoms with van der Waals surface area (Å²) in [5, 5.41) is 80.3. The summed E-state index contributed by atoms with van der Waals surface area (Å²) < 4.78 is 5.71. The van der Waals surface area contributed by atoms with E-state index in [0.29, 0.717) is 33.4 Å². The molecule has 12 aromatic carbocycles. The molecule has 1 radical (unpaired) electrons. The van der Waals surface area contributed by atoms with Gasteiger partial charge in [-0.3, -0.25) is 0 Å². The van der Waals surface area contributed by atoms with Crippen molar-refractivity contribution in [1.29, 1.82) is 0 Å². The second-order valence-electron chi connectivity index (χ2n) is 16.9. The number of halogens is 6. The number of phenols is 3. The summed E-state index contributed by atoms with van der Waals surface area (Å²) in [6.07, 6.45) is 0. The van der Waals surface area contributed by atoms with E-state index in [9.17, 15) is 30.6 Å². The summed E-state index contributed by atoms with van der Waals surface area (Å²) in [5.74, 6) is 0.0219. The summed E-state index contributed by atoms with van der Waals surface area (Å²) in [6, 6.07) is 55.4. The van der Waals surface area contributed by atoms with E-state index in [1.165, 1.54) is 0 Å². The number of hydrogen-bond acceptors (Lipinski definition) is 6. The largest absolute Gasteiger partial charge is 1.00 e. The molecule has 0 heterocycles. The zero-order valence-electron chi connectivity index (χ0n) is 40.7. The molecule has 0 aliphatic rings. The Morgan fingerprint density at radius 1 is 0.237 bits per heavy atom. The molecular weight excluding hydrogens is 1460 g/mol. The number of rotatable bonds is 3. The van der Waals surface area contributed by atoms with Gasteiger partial charge in [-0.1, -0.05) is 187 Å². The molecular formula is C60H33Br6LaLi3O6. The molecule has 0 aliphatic heterocycles. The fraction of sp³-hybridized carbons (Fsp3) is 0. The van der Waals surface area contributed by atoms with Crippen LogP contribution in [0.5, 0.6) is 34.5 Å². The summed E-state index contributed by atoms with van der Waals surface area (Å²) >= 11 is 20.8. The predicted octanol–water partition coefficient (Wildman–Crippen LogP) is 8.90. The molecule has 6 nitrogen and oxygen atoms in total. The quantitative estimate of drug-likeness (QED) is 0.152. The summed E-state index contributed by atoms with van der Waals surface area (Å²) in [6.45, 7) is 0. The van der Waals surface area contributed by atoms with Gasteiger partial charge in [0.05, 0.1) is 0 Å². The predicted molar refractivity (Wildman–Crippen MR) is 310 cm³/mol. The third-order valence-corrected chi connectivity index (χ3v) is 15.4. The van der Waals surface area contributed by atoms with E-state index in [-0.39, 0.29) is 127 Å². The number of benzene rings is 12. The first kappa shape index (κ1) is 62.1. The topological polar surface area (TPSA) is 130 Å². The van der Waals surface area contributed by atoms with Crippen LogP contribution in [-0.2, 0) is 0 Å². The van der Waals surface area contributed by atoms with Crippen LogP contribution in [0.15, 0.2) is 209 Å². The number of fused-ring (bicyclic) bond motifs is 6. The molecule has 0 atom stereocenters. The van der Waals surface area contributed by atoms with Gasteiger partial charge in [0.2, 0.25) is 0 Å². The van der Waals surface area contributed by atoms with Crippen LogP contribution >= 0.6 is 95.6 Å². The first-order valence-corrected chi connectivity index (χ1v) is 26.8. The maximum absolute atomic E-state index is 12.6. The second kappa shape index (κ2) is 26.4. The van der Waals surface area contributed by atoms with E-state index >= 15 is 0 Å². The van der Waals surface area contributed by atoms with Crippen molar-refractivity contribution in [3.05, 3.63) is 209 Å². The summed E-state index contributed by atoms with van der Waals surface area (Å²) in [4.78, 5) is 0. The molecule has 0 spiro atoms. The minimum Gasteiger partial charge on any atom is -0.872 e. The van der Waals surface area contributed by atoms with E-state index in [1.54, 1.807) is 36.4 Å². The van der Waals surface area contributed by atoms with Crippen molar-refractivity contribution in [3.63, 3.8) is 0 Å². The van der Waals surface area contributed by atoms with Gasteiger partial charge in [-0.15, -0.1) is 17.2 Å². The van der Waals surface area contributed by atoms with E-state index < -0.39 is 0 Å². The van der Waals surface area contributed by atoms with Crippen molar-refractivity contribution < 1.29 is 123 Å². The van der Waals surface area contributed by atoms with Gasteiger partial charge in [0.25, 0.3) is 0 Å². The van der Waals surface area contributed by atoms with Gasteiger partial charge >= 0.3 is 56.6 Å². The average molecular weight is 1490 g/mol. The maximum Gasteiger partial charge on any atom is 1.00 e. The minimum atomic E-state index is -0.101. The minimum absolute atomic E-state index is 0. The Labute approximate surface area is 552 Å². The van der Waals surface area contributed by atoms with Crippen LogP contribution in [0, 0.1) is 35.6 Å². The zero-order valence-corrected chi connectivity index (χ0v) is 53.9. The molecule has 0 unspecified atom stereocenters. The zero-order chi connectivity index (χ0) is 50.5. The normalized spacial score (nSPS) is 10.7. The standard InChI is InChI=1S/3C20H12Br2O2.La.3Li/c3*21-13-3-5-15-11(9-13)1-7-17(23)19(15)20-16-6-4-14(22)10-12(16)2-8-18(20)24;;;;/h3*1-10,23-24H;;;;/q;;;;3*+1/p-3. The first-order chi connectivity index (χ1) is 34.6. The van der Waals surface area contributed by atoms with Crippen LogP contribution < -0.4 is 71.9 Å². The fourth-order valence-electron chi connectivity index (χ4n) is 9.27. The maximum atomic E-state index is 12.6. The molecule has 12 aromatic rings. The van der Waals surface area contributed by atoms with Crippen molar-refractivity contribution in [2.24, 2.45) is 0 Å². The van der Waals surface area contributed by atoms with Crippen LogP contribution in [0.4, 0.5) is 0 Å². The Bertz CT molecular complexity index is 3490. The Kier molecular flexibility index (Phi) is 21.6. The molecule has 0 amide bonds. The monoisotopic (exact) mass is 1480 g/mol. The smallest absolute Gasteiger partial charge is 0.872 e. The molecule has 0 saturated heterocycles. The SMILES string of the molecule is [La].[Li+].[Li+].[Li+].[O-]c1ccc2cc(Br)ccc2c1-c1c(O)ccc2cc(Br)ccc12.[O-]c1ccc2cc(Br)ccc2c1-c1c(O)ccc2cc(Br)ccc12.[O-]c1ccc2cc(Br)ccc2c1-c1c(O)ccc2cc(Br)ccc12. The molecule has 0 saturated carbocycles. The van der Waals surface area contributed by atoms with Crippen LogP contribution in [0.3, 0.4) is 0 Å². The summed E-state index contributed by atoms with van der Waals surface area (Å²) in [5.41, 5.74) is 3.34. The molecule has 357 valence electrons. The third kappa shape index (κ3) is 12.7. The van der Waals surface area contributed by atoms with Crippen molar-refractivity contribution in [2.45, 2.75) is 0 Å². The van der Waals surface area contributed by atoms with E-state index in [0.717, 1.165) is 91.5 Å². The number of hydrogen-bond donors (Lipinski definition) is 3. The first-order valence-electron chi connectivity index (χ1n) is 22.1. The van der Waals surface area contributed by atoms with E-state index in [2.05, 4.69) is 95.6 Å². The molecule has 0 fully saturated rings. The number of aromatic hydroxyl groups is 3. The molecule has 3 N–H and O–H groups in total. The van der Waals surface area contributed by atoms with Crippen molar-refractivity contribution in [1.82, 2.24) is 0 Å². The molecule has 0 bridgehead atoms. The Morgan fingerprint density at radius 2 is 0.408 bits per heavy atom. The summed E-state index contributed by atoms with van der Waals surface area (Å²) in [7, 11) is 0. The van der Waals surface area contributed by atoms with Gasteiger partial charge in [0.1, 0.15) is 17.2 Å². The van der Waals surface area contributed by atoms with Gasteiger partial charge < -0.3 is 30.6 Å². The molecule has 0 aliphatic carbocycles. The van der Waals surface area contributed by atoms with Crippen molar-refractivity contribution in [2.75, 3.05) is 0 Å². The molecule has 0 aromatic heterocycles. The van der Waals surface area contributed by atoms with Crippen LogP contribution in [0.1, 0.15) is 0 Å².